The van der Waals surface area contributed by atoms with Gasteiger partial charge in [-0.05, 0) is 35.9 Å². The van der Waals surface area contributed by atoms with Crippen molar-refractivity contribution < 1.29 is 4.42 Å². The summed E-state index contributed by atoms with van der Waals surface area (Å²) in [5.74, 6) is 0. The highest BCUT2D eigenvalue weighted by atomic mass is 28.3. The number of nitrogens with zero attached hydrogens (tertiary/aromatic N) is 2. The van der Waals surface area contributed by atoms with Gasteiger partial charge >= 0.3 is 0 Å². The molecule has 0 radical (unpaired) electrons. The van der Waals surface area contributed by atoms with Crippen LogP contribution in [0.1, 0.15) is 5.56 Å². The summed E-state index contributed by atoms with van der Waals surface area (Å²) in [5.41, 5.74) is 6.05. The third-order valence-electron chi connectivity index (χ3n) is 6.68. The fourth-order valence-electron chi connectivity index (χ4n) is 4.60. The van der Waals surface area contributed by atoms with E-state index in [1.807, 2.05) is 42.5 Å². The highest BCUT2D eigenvalue weighted by molar-refractivity contribution is 6.91. The summed E-state index contributed by atoms with van der Waals surface area (Å²) in [6.07, 6.45) is 1.80. The zero-order chi connectivity index (χ0) is 25.0. The number of nitriles is 1. The normalized spacial score (nSPS) is 12.3. The number of aromatic nitrogens is 1. The van der Waals surface area contributed by atoms with Gasteiger partial charge in [0.1, 0.15) is 11.2 Å². The monoisotopic (exact) mass is 490 g/mol. The minimum absolute atomic E-state index is 0.644. The molecular weight excluding hydrogens is 461 g/mol. The molecule has 0 saturated heterocycles. The van der Waals surface area contributed by atoms with Crippen molar-refractivity contribution in [2.75, 3.05) is 0 Å². The standard InChI is InChI=1S/C30H30N2OSi2/c1-34(2,3)22-16-21(17-23(18-22)35(4,5)6)28-20(19-31)13-14-25-24-10-9-11-26(29(24)33-30(25)28)27-12-7-8-15-32-27/h7-18H,1-6H3. The van der Waals surface area contributed by atoms with Crippen molar-refractivity contribution in [2.24, 2.45) is 0 Å². The zero-order valence-electron chi connectivity index (χ0n) is 21.2. The van der Waals surface area contributed by atoms with Gasteiger partial charge in [-0.15, -0.1) is 0 Å². The second-order valence-electron chi connectivity index (χ2n) is 11.3. The molecule has 0 aliphatic rings. The van der Waals surface area contributed by atoms with Crippen molar-refractivity contribution in [3.63, 3.8) is 0 Å². The third kappa shape index (κ3) is 4.14. The largest absolute Gasteiger partial charge is 0.455 e. The van der Waals surface area contributed by atoms with Crippen molar-refractivity contribution >= 4 is 48.5 Å². The van der Waals surface area contributed by atoms with Gasteiger partial charge in [-0.1, -0.05) is 86.1 Å². The van der Waals surface area contributed by atoms with E-state index in [1.165, 1.54) is 10.4 Å². The first-order valence-corrected chi connectivity index (χ1v) is 19.0. The summed E-state index contributed by atoms with van der Waals surface area (Å²) >= 11 is 0. The fourth-order valence-corrected chi connectivity index (χ4v) is 7.10. The van der Waals surface area contributed by atoms with Gasteiger partial charge in [0.15, 0.2) is 0 Å². The van der Waals surface area contributed by atoms with Crippen LogP contribution in [0.4, 0.5) is 0 Å². The van der Waals surface area contributed by atoms with E-state index >= 15 is 0 Å². The Labute approximate surface area is 209 Å². The Hall–Kier alpha value is -3.47. The lowest BCUT2D eigenvalue weighted by Crippen LogP contribution is -2.45. The van der Waals surface area contributed by atoms with Gasteiger partial charge in [-0.25, -0.2) is 0 Å². The maximum absolute atomic E-state index is 10.1. The quantitative estimate of drug-likeness (QED) is 0.249. The maximum atomic E-state index is 10.1. The van der Waals surface area contributed by atoms with Crippen LogP contribution in [0.5, 0.6) is 0 Å². The maximum Gasteiger partial charge on any atom is 0.144 e. The van der Waals surface area contributed by atoms with E-state index in [-0.39, 0.29) is 0 Å². The van der Waals surface area contributed by atoms with Crippen LogP contribution in [0, 0.1) is 11.3 Å². The molecule has 3 nitrogen and oxygen atoms in total. The van der Waals surface area contributed by atoms with Gasteiger partial charge in [-0.2, -0.15) is 5.26 Å². The lowest BCUT2D eigenvalue weighted by atomic mass is 9.97. The Balaban J connectivity index is 1.88. The number of rotatable bonds is 4. The summed E-state index contributed by atoms with van der Waals surface area (Å²) < 4.78 is 6.65. The average molecular weight is 491 g/mol. The molecule has 5 aromatic rings. The van der Waals surface area contributed by atoms with Gasteiger partial charge in [0, 0.05) is 28.1 Å². The number of furan rings is 1. The topological polar surface area (TPSA) is 49.8 Å². The first-order valence-electron chi connectivity index (χ1n) is 12.0. The molecule has 0 aliphatic carbocycles. The number of fused-ring (bicyclic) bond motifs is 3. The van der Waals surface area contributed by atoms with Gasteiger partial charge < -0.3 is 4.42 Å². The second kappa shape index (κ2) is 8.33. The molecule has 2 aromatic heterocycles. The van der Waals surface area contributed by atoms with Crippen molar-refractivity contribution in [2.45, 2.75) is 39.3 Å². The number of para-hydroxylation sites is 1. The smallest absolute Gasteiger partial charge is 0.144 e. The number of hydrogen-bond acceptors (Lipinski definition) is 3. The predicted octanol–water partition coefficient (Wildman–Crippen LogP) is 7.28. The van der Waals surface area contributed by atoms with Crippen molar-refractivity contribution in [3.8, 4) is 28.5 Å². The first-order chi connectivity index (χ1) is 16.6. The zero-order valence-corrected chi connectivity index (χ0v) is 23.2. The molecule has 3 aromatic carbocycles. The summed E-state index contributed by atoms with van der Waals surface area (Å²) in [6, 6.07) is 25.5. The van der Waals surface area contributed by atoms with Crippen LogP contribution >= 0.6 is 0 Å². The fraction of sp³-hybridized carbons (Fsp3) is 0.200. The molecule has 174 valence electrons. The average Bonchev–Trinajstić information content (AvgIpc) is 3.21. The van der Waals surface area contributed by atoms with Gasteiger partial charge in [0.05, 0.1) is 33.5 Å². The summed E-state index contributed by atoms with van der Waals surface area (Å²) in [6.45, 7) is 14.3. The van der Waals surface area contributed by atoms with Crippen LogP contribution in [0.3, 0.4) is 0 Å². The minimum Gasteiger partial charge on any atom is -0.455 e. The molecule has 0 aliphatic heterocycles. The van der Waals surface area contributed by atoms with Crippen LogP contribution in [0.2, 0.25) is 39.3 Å². The Morgan fingerprint density at radius 1 is 0.743 bits per heavy atom. The Morgan fingerprint density at radius 2 is 1.43 bits per heavy atom. The lowest BCUT2D eigenvalue weighted by Gasteiger charge is -2.24. The van der Waals surface area contributed by atoms with Crippen LogP contribution in [0.15, 0.2) is 77.3 Å². The van der Waals surface area contributed by atoms with Crippen LogP contribution in [-0.2, 0) is 0 Å². The second-order valence-corrected chi connectivity index (χ2v) is 21.4. The predicted molar refractivity (Wildman–Crippen MR) is 153 cm³/mol. The highest BCUT2D eigenvalue weighted by Gasteiger charge is 2.25. The van der Waals surface area contributed by atoms with E-state index in [9.17, 15) is 5.26 Å². The van der Waals surface area contributed by atoms with E-state index in [0.717, 1.165) is 44.3 Å². The molecule has 0 unspecified atom stereocenters. The molecule has 0 fully saturated rings. The molecule has 0 N–H and O–H groups in total. The number of benzene rings is 3. The minimum atomic E-state index is -1.59. The Morgan fingerprint density at radius 3 is 2.03 bits per heavy atom. The molecule has 0 saturated carbocycles. The molecule has 0 amide bonds. The van der Waals surface area contributed by atoms with Crippen molar-refractivity contribution in [3.05, 3.63) is 78.5 Å². The molecule has 2 heterocycles. The van der Waals surface area contributed by atoms with Crippen LogP contribution in [-0.4, -0.2) is 21.1 Å². The van der Waals surface area contributed by atoms with Gasteiger partial charge in [0.25, 0.3) is 0 Å². The Kier molecular flexibility index (Phi) is 5.54. The van der Waals surface area contributed by atoms with E-state index < -0.39 is 16.1 Å². The lowest BCUT2D eigenvalue weighted by molar-refractivity contribution is 0.670. The van der Waals surface area contributed by atoms with Crippen molar-refractivity contribution in [1.29, 1.82) is 5.26 Å². The molecule has 35 heavy (non-hydrogen) atoms. The third-order valence-corrected chi connectivity index (χ3v) is 10.7. The van der Waals surface area contributed by atoms with Crippen LogP contribution < -0.4 is 10.4 Å². The molecule has 5 rings (SSSR count). The SMILES string of the molecule is C[Si](C)(C)c1cc(-c2c(C#N)ccc3c2oc2c(-c4ccccn4)cccc23)cc([Si](C)(C)C)c1. The van der Waals surface area contributed by atoms with Gasteiger partial charge in [0.2, 0.25) is 0 Å². The highest BCUT2D eigenvalue weighted by Crippen LogP contribution is 2.40. The van der Waals surface area contributed by atoms with Crippen LogP contribution in [0.25, 0.3) is 44.3 Å². The van der Waals surface area contributed by atoms with E-state index in [2.05, 4.69) is 74.6 Å². The molecule has 0 spiro atoms. The summed E-state index contributed by atoms with van der Waals surface area (Å²) in [4.78, 5) is 4.56. The molecule has 5 heteroatoms. The van der Waals surface area contributed by atoms with Gasteiger partial charge in [-0.3, -0.25) is 4.98 Å². The molecule has 0 atom stereocenters. The van der Waals surface area contributed by atoms with Crippen molar-refractivity contribution in [1.82, 2.24) is 4.98 Å². The molecule has 0 bridgehead atoms. The Bertz CT molecular complexity index is 1580. The molecular formula is C30H30N2OSi2. The number of hydrogen-bond donors (Lipinski definition) is 0. The summed E-state index contributed by atoms with van der Waals surface area (Å²) in [5, 5.41) is 15.0. The van der Waals surface area contributed by atoms with E-state index in [4.69, 9.17) is 4.42 Å². The van der Waals surface area contributed by atoms with E-state index in [0.29, 0.717) is 5.56 Å². The first kappa shape index (κ1) is 23.3. The summed E-state index contributed by atoms with van der Waals surface area (Å²) in [7, 11) is -3.17. The van der Waals surface area contributed by atoms with E-state index in [1.54, 1.807) is 6.20 Å². The number of pyridine rings is 1.